The number of nitrogens with zero attached hydrogens (tertiary/aromatic N) is 3. The number of aromatic nitrogens is 2. The van der Waals surface area contributed by atoms with Crippen LogP contribution >= 0.6 is 23.2 Å². The lowest BCUT2D eigenvalue weighted by Gasteiger charge is -2.36. The SMILES string of the molecule is C[N+](C)(CCCOc1ccc(Cl)c(Cl)c1)Cc1nc(C(O)(c2ccccc2)C2CCCCC2)no1. The second kappa shape index (κ2) is 11.3. The molecule has 35 heavy (non-hydrogen) atoms. The number of benzene rings is 2. The van der Waals surface area contributed by atoms with Gasteiger partial charge >= 0.3 is 0 Å². The summed E-state index contributed by atoms with van der Waals surface area (Å²) in [5.41, 5.74) is -0.415. The molecule has 188 valence electrons. The fraction of sp³-hybridized carbons (Fsp3) is 0.481. The summed E-state index contributed by atoms with van der Waals surface area (Å²) in [4.78, 5) is 4.71. The Morgan fingerprint density at radius 1 is 1.06 bits per heavy atom. The Bertz CT molecular complexity index is 1100. The topological polar surface area (TPSA) is 68.4 Å². The molecular formula is C27H34Cl2N3O3+. The van der Waals surface area contributed by atoms with Crippen molar-refractivity contribution in [3.8, 4) is 5.75 Å². The van der Waals surface area contributed by atoms with Crippen LogP contribution in [-0.2, 0) is 12.1 Å². The third kappa shape index (κ3) is 6.36. The van der Waals surface area contributed by atoms with E-state index in [0.29, 0.717) is 45.1 Å². The van der Waals surface area contributed by atoms with Crippen molar-refractivity contribution in [3.05, 3.63) is 75.9 Å². The summed E-state index contributed by atoms with van der Waals surface area (Å²) in [5.74, 6) is 1.67. The van der Waals surface area contributed by atoms with Crippen molar-refractivity contribution in [1.82, 2.24) is 10.1 Å². The summed E-state index contributed by atoms with van der Waals surface area (Å²) < 4.78 is 12.1. The second-order valence-corrected chi connectivity index (χ2v) is 10.9. The smallest absolute Gasteiger partial charge is 0.281 e. The minimum absolute atomic E-state index is 0.0742. The number of rotatable bonds is 10. The molecule has 6 nitrogen and oxygen atoms in total. The molecule has 1 saturated carbocycles. The van der Waals surface area contributed by atoms with Crippen LogP contribution in [-0.4, -0.2) is 47.0 Å². The lowest BCUT2D eigenvalue weighted by atomic mass is 9.73. The first-order valence-corrected chi connectivity index (χ1v) is 13.0. The number of aliphatic hydroxyl groups is 1. The van der Waals surface area contributed by atoms with Gasteiger partial charge in [0.1, 0.15) is 5.75 Å². The predicted octanol–water partition coefficient (Wildman–Crippen LogP) is 6.24. The average Bonchev–Trinajstić information content (AvgIpc) is 3.33. The molecule has 0 spiro atoms. The molecule has 0 saturated heterocycles. The quantitative estimate of drug-likeness (QED) is 0.254. The summed E-state index contributed by atoms with van der Waals surface area (Å²) in [7, 11) is 4.24. The van der Waals surface area contributed by atoms with Gasteiger partial charge in [-0.1, -0.05) is 78.0 Å². The van der Waals surface area contributed by atoms with Crippen LogP contribution in [0.25, 0.3) is 0 Å². The van der Waals surface area contributed by atoms with E-state index in [1.807, 2.05) is 36.4 Å². The molecule has 8 heteroatoms. The van der Waals surface area contributed by atoms with Gasteiger partial charge in [0, 0.05) is 12.5 Å². The zero-order valence-corrected chi connectivity index (χ0v) is 21.9. The minimum Gasteiger partial charge on any atom is -0.493 e. The molecule has 1 fully saturated rings. The van der Waals surface area contributed by atoms with E-state index in [-0.39, 0.29) is 5.92 Å². The van der Waals surface area contributed by atoms with Crippen molar-refractivity contribution in [1.29, 1.82) is 0 Å². The molecule has 4 rings (SSSR count). The highest BCUT2D eigenvalue weighted by molar-refractivity contribution is 6.42. The Hall–Kier alpha value is -2.12. The van der Waals surface area contributed by atoms with Gasteiger partial charge in [0.05, 0.1) is 37.3 Å². The van der Waals surface area contributed by atoms with E-state index >= 15 is 0 Å². The molecule has 3 aromatic rings. The van der Waals surface area contributed by atoms with Gasteiger partial charge in [-0.05, 0) is 36.5 Å². The molecule has 1 heterocycles. The first-order valence-electron chi connectivity index (χ1n) is 12.3. The number of ether oxygens (including phenoxy) is 1. The monoisotopic (exact) mass is 518 g/mol. The highest BCUT2D eigenvalue weighted by Gasteiger charge is 2.44. The summed E-state index contributed by atoms with van der Waals surface area (Å²) in [5, 5.41) is 17.3. The number of hydrogen-bond acceptors (Lipinski definition) is 5. The maximum absolute atomic E-state index is 12.0. The van der Waals surface area contributed by atoms with Crippen LogP contribution in [0.5, 0.6) is 5.75 Å². The number of hydrogen-bond donors (Lipinski definition) is 1. The van der Waals surface area contributed by atoms with E-state index in [9.17, 15) is 5.11 Å². The van der Waals surface area contributed by atoms with E-state index in [1.54, 1.807) is 12.1 Å². The molecule has 0 radical (unpaired) electrons. The standard InChI is InChI=1S/C27H34Cl2N3O3/c1-32(2,16-9-17-34-22-14-15-23(28)24(29)18-22)19-25-30-26(31-35-25)27(33,20-10-5-3-6-11-20)21-12-7-4-8-13-21/h3,5-6,10-11,14-15,18,21,33H,4,7-9,12-13,16-17,19H2,1-2H3/q+1. The minimum atomic E-state index is -1.24. The molecule has 1 aromatic heterocycles. The van der Waals surface area contributed by atoms with Crippen LogP contribution in [0.15, 0.2) is 53.1 Å². The molecule has 1 unspecified atom stereocenters. The molecule has 0 aliphatic heterocycles. The van der Waals surface area contributed by atoms with Crippen molar-refractivity contribution in [3.63, 3.8) is 0 Å². The first kappa shape index (κ1) is 26.0. The van der Waals surface area contributed by atoms with Crippen LogP contribution < -0.4 is 4.74 Å². The predicted molar refractivity (Wildman–Crippen MR) is 138 cm³/mol. The lowest BCUT2D eigenvalue weighted by Crippen LogP contribution is -2.40. The number of quaternary nitrogens is 1. The zero-order chi connectivity index (χ0) is 24.9. The van der Waals surface area contributed by atoms with Crippen molar-refractivity contribution in [2.45, 2.75) is 50.7 Å². The van der Waals surface area contributed by atoms with E-state index in [0.717, 1.165) is 44.2 Å². The summed E-state index contributed by atoms with van der Waals surface area (Å²) in [6, 6.07) is 15.0. The Morgan fingerprint density at radius 3 is 2.51 bits per heavy atom. The number of halogens is 2. The van der Waals surface area contributed by atoms with Gasteiger partial charge in [0.2, 0.25) is 5.82 Å². The average molecular weight is 519 g/mol. The summed E-state index contributed by atoms with van der Waals surface area (Å²) >= 11 is 12.0. The van der Waals surface area contributed by atoms with Crippen LogP contribution in [0.4, 0.5) is 0 Å². The molecular weight excluding hydrogens is 485 g/mol. The van der Waals surface area contributed by atoms with E-state index < -0.39 is 5.60 Å². The molecule has 1 atom stereocenters. The van der Waals surface area contributed by atoms with Gasteiger partial charge in [-0.15, -0.1) is 0 Å². The highest BCUT2D eigenvalue weighted by atomic mass is 35.5. The second-order valence-electron chi connectivity index (χ2n) is 10.1. The fourth-order valence-corrected chi connectivity index (χ4v) is 5.22. The summed E-state index contributed by atoms with van der Waals surface area (Å²) in [6.45, 7) is 1.98. The molecule has 1 aliphatic rings. The third-order valence-electron chi connectivity index (χ3n) is 6.85. The normalized spacial score (nSPS) is 16.7. The maximum atomic E-state index is 12.0. The van der Waals surface area contributed by atoms with Crippen LogP contribution in [0.3, 0.4) is 0 Å². The lowest BCUT2D eigenvalue weighted by molar-refractivity contribution is -0.905. The largest absolute Gasteiger partial charge is 0.493 e. The Balaban J connectivity index is 1.40. The summed E-state index contributed by atoms with van der Waals surface area (Å²) in [6.07, 6.45) is 6.17. The zero-order valence-electron chi connectivity index (χ0n) is 20.4. The van der Waals surface area contributed by atoms with Gasteiger partial charge in [-0.25, -0.2) is 0 Å². The molecule has 0 bridgehead atoms. The molecule has 0 amide bonds. The first-order chi connectivity index (χ1) is 16.8. The highest BCUT2D eigenvalue weighted by Crippen LogP contribution is 2.42. The maximum Gasteiger partial charge on any atom is 0.281 e. The van der Waals surface area contributed by atoms with Crippen molar-refractivity contribution in [2.24, 2.45) is 5.92 Å². The van der Waals surface area contributed by atoms with Crippen LogP contribution in [0.2, 0.25) is 10.0 Å². The van der Waals surface area contributed by atoms with Crippen molar-refractivity contribution < 1.29 is 18.8 Å². The molecule has 1 aliphatic carbocycles. The van der Waals surface area contributed by atoms with E-state index in [1.165, 1.54) is 6.42 Å². The van der Waals surface area contributed by atoms with Gasteiger partial charge in [0.15, 0.2) is 12.1 Å². The Morgan fingerprint density at radius 2 is 1.80 bits per heavy atom. The van der Waals surface area contributed by atoms with Gasteiger partial charge in [-0.2, -0.15) is 4.98 Å². The third-order valence-corrected chi connectivity index (χ3v) is 7.59. The van der Waals surface area contributed by atoms with Crippen LogP contribution in [0, 0.1) is 5.92 Å². The van der Waals surface area contributed by atoms with Gasteiger partial charge in [-0.3, -0.25) is 0 Å². The molecule has 1 N–H and O–H groups in total. The van der Waals surface area contributed by atoms with Gasteiger partial charge < -0.3 is 18.8 Å². The van der Waals surface area contributed by atoms with Crippen LogP contribution in [0.1, 0.15) is 55.8 Å². The Labute approximate surface area is 217 Å². The Kier molecular flexibility index (Phi) is 8.38. The van der Waals surface area contributed by atoms with Crippen molar-refractivity contribution >= 4 is 23.2 Å². The van der Waals surface area contributed by atoms with Crippen molar-refractivity contribution in [2.75, 3.05) is 27.2 Å². The fourth-order valence-electron chi connectivity index (χ4n) is 4.93. The molecule has 2 aromatic carbocycles. The van der Waals surface area contributed by atoms with E-state index in [4.69, 9.17) is 37.4 Å². The van der Waals surface area contributed by atoms with E-state index in [2.05, 4.69) is 19.3 Å². The van der Waals surface area contributed by atoms with Gasteiger partial charge in [0.25, 0.3) is 5.89 Å².